The quantitative estimate of drug-likeness (QED) is 0.670. The molecular formula is C19H16F6N2O4S. The number of nitrogens with one attached hydrogen (secondary N) is 1. The van der Waals surface area contributed by atoms with Gasteiger partial charge in [-0.2, -0.15) is 26.3 Å². The summed E-state index contributed by atoms with van der Waals surface area (Å²) in [5, 5.41) is 0. The van der Waals surface area contributed by atoms with Crippen molar-refractivity contribution in [2.24, 2.45) is 0 Å². The molecule has 0 aromatic heterocycles. The van der Waals surface area contributed by atoms with E-state index >= 15 is 0 Å². The van der Waals surface area contributed by atoms with E-state index in [0.29, 0.717) is 16.5 Å². The molecule has 2 aromatic rings. The van der Waals surface area contributed by atoms with Gasteiger partial charge in [0.1, 0.15) is 5.75 Å². The number of hydrogen-bond donors (Lipinski definition) is 1. The van der Waals surface area contributed by atoms with Crippen LogP contribution in [0.3, 0.4) is 0 Å². The van der Waals surface area contributed by atoms with E-state index in [0.717, 1.165) is 25.3 Å². The molecule has 1 heterocycles. The Labute approximate surface area is 178 Å². The molecule has 2 aromatic carbocycles. The first-order chi connectivity index (χ1) is 14.7. The van der Waals surface area contributed by atoms with Crippen molar-refractivity contribution in [3.8, 4) is 5.75 Å². The molecule has 1 aliphatic heterocycles. The zero-order valence-corrected chi connectivity index (χ0v) is 17.2. The molecule has 0 atom stereocenters. The normalized spacial score (nSPS) is 14.7. The van der Waals surface area contributed by atoms with E-state index in [1.165, 1.54) is 12.1 Å². The van der Waals surface area contributed by atoms with Crippen molar-refractivity contribution >= 4 is 21.6 Å². The zero-order chi connectivity index (χ0) is 23.9. The van der Waals surface area contributed by atoms with Gasteiger partial charge in [-0.25, -0.2) is 8.42 Å². The van der Waals surface area contributed by atoms with Gasteiger partial charge in [0.2, 0.25) is 0 Å². The molecular weight excluding hydrogens is 466 g/mol. The first-order valence-corrected chi connectivity index (χ1v) is 10.5. The summed E-state index contributed by atoms with van der Waals surface area (Å²) in [4.78, 5) is 11.7. The van der Waals surface area contributed by atoms with Crippen LogP contribution in [0.2, 0.25) is 0 Å². The number of nitrogens with zero attached hydrogens (tertiary/aromatic N) is 1. The summed E-state index contributed by atoms with van der Waals surface area (Å²) in [6.07, 6.45) is -9.71. The van der Waals surface area contributed by atoms with Gasteiger partial charge in [0, 0.05) is 13.1 Å². The molecule has 3 rings (SSSR count). The second kappa shape index (κ2) is 8.19. The second-order valence-electron chi connectivity index (χ2n) is 6.92. The first kappa shape index (κ1) is 23.7. The maximum atomic E-state index is 13.0. The summed E-state index contributed by atoms with van der Waals surface area (Å²) in [6.45, 7) is -0.638. The highest BCUT2D eigenvalue weighted by Gasteiger charge is 2.43. The lowest BCUT2D eigenvalue weighted by molar-refractivity contribution is -0.186. The molecule has 0 saturated heterocycles. The minimum absolute atomic E-state index is 0.0896. The molecule has 0 bridgehead atoms. The number of benzene rings is 2. The van der Waals surface area contributed by atoms with Gasteiger partial charge < -0.3 is 9.64 Å². The zero-order valence-electron chi connectivity index (χ0n) is 16.3. The molecule has 13 heteroatoms. The summed E-state index contributed by atoms with van der Waals surface area (Å²) >= 11 is 0. The lowest BCUT2D eigenvalue weighted by atomic mass is 10.00. The minimum Gasteiger partial charge on any atom is -0.495 e. The minimum atomic E-state index is -5.07. The number of carbonyl (C=O) groups is 1. The molecule has 0 fully saturated rings. The van der Waals surface area contributed by atoms with Gasteiger partial charge in [-0.05, 0) is 47.9 Å². The van der Waals surface area contributed by atoms with E-state index in [9.17, 15) is 39.6 Å². The van der Waals surface area contributed by atoms with Crippen LogP contribution in [0.15, 0.2) is 41.3 Å². The van der Waals surface area contributed by atoms with E-state index in [1.54, 1.807) is 0 Å². The van der Waals surface area contributed by atoms with Crippen LogP contribution < -0.4 is 9.46 Å². The van der Waals surface area contributed by atoms with Crippen molar-refractivity contribution in [3.63, 3.8) is 0 Å². The van der Waals surface area contributed by atoms with Crippen LogP contribution in [0.1, 0.15) is 16.7 Å². The maximum absolute atomic E-state index is 13.0. The third-order valence-electron chi connectivity index (χ3n) is 4.80. The van der Waals surface area contributed by atoms with Crippen LogP contribution in [0.4, 0.5) is 32.0 Å². The van der Waals surface area contributed by atoms with Crippen molar-refractivity contribution in [1.29, 1.82) is 0 Å². The Morgan fingerprint density at radius 3 is 2.31 bits per heavy atom. The molecule has 1 N–H and O–H groups in total. The predicted molar refractivity (Wildman–Crippen MR) is 100 cm³/mol. The predicted octanol–water partition coefficient (Wildman–Crippen LogP) is 3.96. The highest BCUT2D eigenvalue weighted by atomic mass is 32.2. The van der Waals surface area contributed by atoms with Gasteiger partial charge >= 0.3 is 18.3 Å². The van der Waals surface area contributed by atoms with Gasteiger partial charge in [0.05, 0.1) is 23.3 Å². The molecule has 0 unspecified atom stereocenters. The summed E-state index contributed by atoms with van der Waals surface area (Å²) in [5.74, 6) is -2.20. The Morgan fingerprint density at radius 1 is 1.03 bits per heavy atom. The number of sulfonamides is 1. The van der Waals surface area contributed by atoms with Gasteiger partial charge in [0.15, 0.2) is 0 Å². The molecule has 0 spiro atoms. The third-order valence-corrected chi connectivity index (χ3v) is 6.16. The van der Waals surface area contributed by atoms with E-state index in [-0.39, 0.29) is 24.3 Å². The monoisotopic (exact) mass is 482 g/mol. The van der Waals surface area contributed by atoms with Crippen LogP contribution in [0, 0.1) is 0 Å². The molecule has 0 saturated carbocycles. The lowest BCUT2D eigenvalue weighted by Crippen LogP contribution is -2.43. The van der Waals surface area contributed by atoms with E-state index in [2.05, 4.69) is 0 Å². The Hall–Kier alpha value is -2.96. The number of ether oxygens (including phenoxy) is 1. The highest BCUT2D eigenvalue weighted by molar-refractivity contribution is 7.92. The summed E-state index contributed by atoms with van der Waals surface area (Å²) < 4.78 is 110. The van der Waals surface area contributed by atoms with Gasteiger partial charge in [0.25, 0.3) is 10.0 Å². The highest BCUT2D eigenvalue weighted by Crippen LogP contribution is 2.36. The van der Waals surface area contributed by atoms with Crippen LogP contribution >= 0.6 is 0 Å². The summed E-state index contributed by atoms with van der Waals surface area (Å²) in [6, 6.07) is 5.91. The smallest absolute Gasteiger partial charge is 0.471 e. The van der Waals surface area contributed by atoms with E-state index in [1.807, 2.05) is 4.72 Å². The van der Waals surface area contributed by atoms with Crippen LogP contribution in [-0.4, -0.2) is 39.1 Å². The third kappa shape index (κ3) is 4.92. The van der Waals surface area contributed by atoms with Crippen molar-refractivity contribution < 1.29 is 44.3 Å². The number of alkyl halides is 6. The fourth-order valence-corrected chi connectivity index (χ4v) is 4.33. The van der Waals surface area contributed by atoms with Crippen molar-refractivity contribution in [1.82, 2.24) is 4.90 Å². The first-order valence-electron chi connectivity index (χ1n) is 8.98. The molecule has 32 heavy (non-hydrogen) atoms. The maximum Gasteiger partial charge on any atom is 0.471 e. The number of rotatable bonds is 4. The molecule has 6 nitrogen and oxygen atoms in total. The number of hydrogen-bond acceptors (Lipinski definition) is 4. The summed E-state index contributed by atoms with van der Waals surface area (Å²) in [7, 11) is -3.29. The number of fused-ring (bicyclic) bond motifs is 1. The van der Waals surface area contributed by atoms with Gasteiger partial charge in [-0.3, -0.25) is 9.52 Å². The Balaban J connectivity index is 1.92. The lowest BCUT2D eigenvalue weighted by Gasteiger charge is -2.29. The van der Waals surface area contributed by atoms with E-state index in [4.69, 9.17) is 4.74 Å². The molecule has 174 valence electrons. The Kier molecular flexibility index (Phi) is 6.06. The average molecular weight is 482 g/mol. The SMILES string of the molecule is COc1ccc(C(F)(F)F)cc1NS(=O)(=O)c1ccc2c(c1)CN(C(=O)C(F)(F)F)CC2. The molecule has 1 aliphatic rings. The van der Waals surface area contributed by atoms with E-state index < -0.39 is 51.0 Å². The van der Waals surface area contributed by atoms with Crippen molar-refractivity contribution in [2.75, 3.05) is 18.4 Å². The second-order valence-corrected chi connectivity index (χ2v) is 8.61. The topological polar surface area (TPSA) is 75.7 Å². The number of methoxy groups -OCH3 is 1. The molecule has 0 aliphatic carbocycles. The Bertz CT molecular complexity index is 1150. The number of amides is 1. The van der Waals surface area contributed by atoms with Crippen LogP contribution in [0.25, 0.3) is 0 Å². The van der Waals surface area contributed by atoms with Crippen LogP contribution in [0.5, 0.6) is 5.75 Å². The fraction of sp³-hybridized carbons (Fsp3) is 0.316. The van der Waals surface area contributed by atoms with Gasteiger partial charge in [-0.15, -0.1) is 0 Å². The average Bonchev–Trinajstić information content (AvgIpc) is 2.70. The van der Waals surface area contributed by atoms with Gasteiger partial charge in [-0.1, -0.05) is 6.07 Å². The largest absolute Gasteiger partial charge is 0.495 e. The molecule has 1 amide bonds. The molecule has 0 radical (unpaired) electrons. The Morgan fingerprint density at radius 2 is 1.72 bits per heavy atom. The number of halogens is 6. The van der Waals surface area contributed by atoms with Crippen molar-refractivity contribution in [3.05, 3.63) is 53.1 Å². The number of anilines is 1. The van der Waals surface area contributed by atoms with Crippen molar-refractivity contribution in [2.45, 2.75) is 30.2 Å². The fourth-order valence-electron chi connectivity index (χ4n) is 3.22. The number of carbonyl (C=O) groups excluding carboxylic acids is 1. The standard InChI is InChI=1S/C19H16F6N2O4S/c1-31-16-5-3-13(18(20,21)22)9-15(16)26-32(29,30)14-4-2-11-6-7-27(10-12(11)8-14)17(28)19(23,24)25/h2-5,8-9,26H,6-7,10H2,1H3. The summed E-state index contributed by atoms with van der Waals surface area (Å²) in [5.41, 5.74) is -0.823. The van der Waals surface area contributed by atoms with Crippen LogP contribution in [-0.2, 0) is 34.0 Å².